The van der Waals surface area contributed by atoms with E-state index in [4.69, 9.17) is 9.84 Å². The second-order valence-corrected chi connectivity index (χ2v) is 3.46. The predicted molar refractivity (Wildman–Crippen MR) is 59.7 cm³/mol. The van der Waals surface area contributed by atoms with Crippen LogP contribution in [0.25, 0.3) is 0 Å². The molecule has 0 radical (unpaired) electrons. The van der Waals surface area contributed by atoms with E-state index in [2.05, 4.69) is 9.97 Å². The van der Waals surface area contributed by atoms with Crippen molar-refractivity contribution in [2.24, 2.45) is 0 Å². The average Bonchev–Trinajstić information content (AvgIpc) is 2.38. The number of aromatic carboxylic acids is 1. The van der Waals surface area contributed by atoms with Crippen LogP contribution >= 0.6 is 0 Å². The molecule has 0 aliphatic rings. The number of hydrogen-bond donors (Lipinski definition) is 1. The Morgan fingerprint density at radius 3 is 2.94 bits per heavy atom. The van der Waals surface area contributed by atoms with Crippen molar-refractivity contribution in [1.29, 1.82) is 0 Å². The third-order valence-corrected chi connectivity index (χ3v) is 2.15. The number of rotatable bonds is 4. The molecule has 2 aromatic rings. The van der Waals surface area contributed by atoms with Gasteiger partial charge in [0.05, 0.1) is 6.20 Å². The maximum atomic E-state index is 12.9. The first-order chi connectivity index (χ1) is 8.66. The molecule has 2 rings (SSSR count). The van der Waals surface area contributed by atoms with E-state index in [0.29, 0.717) is 0 Å². The van der Waals surface area contributed by atoms with Crippen LogP contribution in [-0.4, -0.2) is 21.0 Å². The van der Waals surface area contributed by atoms with Crippen LogP contribution in [0.15, 0.2) is 36.8 Å². The summed E-state index contributed by atoms with van der Waals surface area (Å²) < 4.78 is 18.1. The lowest BCUT2D eigenvalue weighted by molar-refractivity contribution is 0.0690. The van der Waals surface area contributed by atoms with Crippen molar-refractivity contribution in [2.45, 2.75) is 6.61 Å². The molecule has 0 amide bonds. The van der Waals surface area contributed by atoms with E-state index < -0.39 is 11.8 Å². The Labute approximate surface area is 102 Å². The van der Waals surface area contributed by atoms with E-state index in [9.17, 15) is 9.18 Å². The van der Waals surface area contributed by atoms with Crippen LogP contribution in [0.2, 0.25) is 0 Å². The maximum Gasteiger partial charge on any atom is 0.341 e. The van der Waals surface area contributed by atoms with Gasteiger partial charge in [-0.1, -0.05) is 6.07 Å². The third-order valence-electron chi connectivity index (χ3n) is 2.15. The number of nitrogens with zero attached hydrogens (tertiary/aromatic N) is 2. The van der Waals surface area contributed by atoms with E-state index in [1.54, 1.807) is 24.5 Å². The number of hydrogen-bond acceptors (Lipinski definition) is 4. The second kappa shape index (κ2) is 5.22. The molecule has 0 unspecified atom stereocenters. The van der Waals surface area contributed by atoms with Crippen molar-refractivity contribution in [1.82, 2.24) is 9.97 Å². The lowest BCUT2D eigenvalue weighted by Crippen LogP contribution is -2.06. The summed E-state index contributed by atoms with van der Waals surface area (Å²) in [6.45, 7) is 0.118. The van der Waals surface area contributed by atoms with Gasteiger partial charge in [0.1, 0.15) is 18.0 Å². The molecule has 5 nitrogen and oxygen atoms in total. The lowest BCUT2D eigenvalue weighted by Gasteiger charge is -2.07. The van der Waals surface area contributed by atoms with Gasteiger partial charge in [-0.3, -0.25) is 4.98 Å². The van der Waals surface area contributed by atoms with Crippen LogP contribution in [0.3, 0.4) is 0 Å². The molecule has 0 aromatic carbocycles. The molecule has 92 valence electrons. The smallest absolute Gasteiger partial charge is 0.341 e. The molecule has 2 heterocycles. The van der Waals surface area contributed by atoms with E-state index >= 15 is 0 Å². The summed E-state index contributed by atoms with van der Waals surface area (Å²) in [5.74, 6) is -2.13. The van der Waals surface area contributed by atoms with Crippen LogP contribution in [0.4, 0.5) is 4.39 Å². The van der Waals surface area contributed by atoms with Crippen LogP contribution in [0.5, 0.6) is 5.88 Å². The highest BCUT2D eigenvalue weighted by Gasteiger charge is 2.14. The largest absolute Gasteiger partial charge is 0.477 e. The molecule has 0 aliphatic heterocycles. The second-order valence-electron chi connectivity index (χ2n) is 3.46. The van der Waals surface area contributed by atoms with Crippen molar-refractivity contribution in [3.63, 3.8) is 0 Å². The number of carboxylic acids is 1. The Balaban J connectivity index is 2.17. The normalized spacial score (nSPS) is 10.1. The first-order valence-electron chi connectivity index (χ1n) is 5.07. The SMILES string of the molecule is O=C(O)c1cc(F)cnc1OCc1cccnc1. The molecule has 0 saturated carbocycles. The Hall–Kier alpha value is -2.50. The fraction of sp³-hybridized carbons (Fsp3) is 0.0833. The highest BCUT2D eigenvalue weighted by Crippen LogP contribution is 2.17. The number of carboxylic acid groups (broad SMARTS) is 1. The number of aromatic nitrogens is 2. The van der Waals surface area contributed by atoms with Crippen molar-refractivity contribution >= 4 is 5.97 Å². The molecule has 0 spiro atoms. The van der Waals surface area contributed by atoms with Gasteiger partial charge >= 0.3 is 5.97 Å². The standard InChI is InChI=1S/C12H9FN2O3/c13-9-4-10(12(16)17)11(15-6-9)18-7-8-2-1-3-14-5-8/h1-6H,7H2,(H,16,17). The number of pyridine rings is 2. The Bertz CT molecular complexity index is 561. The predicted octanol–water partition coefficient (Wildman–Crippen LogP) is 1.89. The van der Waals surface area contributed by atoms with E-state index in [0.717, 1.165) is 17.8 Å². The summed E-state index contributed by atoms with van der Waals surface area (Å²) >= 11 is 0. The van der Waals surface area contributed by atoms with Crippen molar-refractivity contribution in [3.05, 3.63) is 53.7 Å². The fourth-order valence-corrected chi connectivity index (χ4v) is 1.33. The summed E-state index contributed by atoms with van der Waals surface area (Å²) in [6.07, 6.45) is 4.11. The van der Waals surface area contributed by atoms with Gasteiger partial charge in [-0.15, -0.1) is 0 Å². The molecule has 6 heteroatoms. The fourth-order valence-electron chi connectivity index (χ4n) is 1.33. The number of halogens is 1. The topological polar surface area (TPSA) is 72.3 Å². The third kappa shape index (κ3) is 2.79. The molecule has 18 heavy (non-hydrogen) atoms. The molecular weight excluding hydrogens is 239 g/mol. The van der Waals surface area contributed by atoms with Gasteiger partial charge in [0.2, 0.25) is 5.88 Å². The van der Waals surface area contributed by atoms with E-state index in [1.807, 2.05) is 0 Å². The van der Waals surface area contributed by atoms with E-state index in [1.165, 1.54) is 0 Å². The number of ether oxygens (including phenoxy) is 1. The van der Waals surface area contributed by atoms with Crippen LogP contribution < -0.4 is 4.74 Å². The minimum absolute atomic E-state index is 0.118. The van der Waals surface area contributed by atoms with E-state index in [-0.39, 0.29) is 18.1 Å². The van der Waals surface area contributed by atoms with Gasteiger partial charge in [0, 0.05) is 18.0 Å². The number of carbonyl (C=O) groups is 1. The summed E-state index contributed by atoms with van der Waals surface area (Å²) in [6, 6.07) is 4.37. The summed E-state index contributed by atoms with van der Waals surface area (Å²) in [7, 11) is 0. The molecule has 0 saturated heterocycles. The van der Waals surface area contributed by atoms with Crippen molar-refractivity contribution in [3.8, 4) is 5.88 Å². The van der Waals surface area contributed by atoms with Gasteiger partial charge in [-0.25, -0.2) is 14.2 Å². The molecule has 0 fully saturated rings. The van der Waals surface area contributed by atoms with Gasteiger partial charge < -0.3 is 9.84 Å². The first-order valence-corrected chi connectivity index (χ1v) is 5.07. The summed E-state index contributed by atoms with van der Waals surface area (Å²) in [5.41, 5.74) is 0.457. The molecule has 1 N–H and O–H groups in total. The van der Waals surface area contributed by atoms with Gasteiger partial charge in [-0.2, -0.15) is 0 Å². The minimum Gasteiger partial charge on any atom is -0.477 e. The van der Waals surface area contributed by atoms with Gasteiger partial charge in [0.15, 0.2) is 0 Å². The van der Waals surface area contributed by atoms with Gasteiger partial charge in [0.25, 0.3) is 0 Å². The Kier molecular flexibility index (Phi) is 3.47. The zero-order valence-electron chi connectivity index (χ0n) is 9.21. The van der Waals surface area contributed by atoms with Gasteiger partial charge in [-0.05, 0) is 12.1 Å². The van der Waals surface area contributed by atoms with Crippen LogP contribution in [0.1, 0.15) is 15.9 Å². The quantitative estimate of drug-likeness (QED) is 0.894. The van der Waals surface area contributed by atoms with Crippen molar-refractivity contribution < 1.29 is 19.0 Å². The maximum absolute atomic E-state index is 12.9. The summed E-state index contributed by atoms with van der Waals surface area (Å²) in [4.78, 5) is 18.4. The highest BCUT2D eigenvalue weighted by atomic mass is 19.1. The molecule has 2 aromatic heterocycles. The lowest BCUT2D eigenvalue weighted by atomic mass is 10.2. The zero-order valence-corrected chi connectivity index (χ0v) is 9.21. The van der Waals surface area contributed by atoms with Crippen LogP contribution in [-0.2, 0) is 6.61 Å². The summed E-state index contributed by atoms with van der Waals surface area (Å²) in [5, 5.41) is 8.89. The monoisotopic (exact) mass is 248 g/mol. The first kappa shape index (κ1) is 12.0. The molecule has 0 bridgehead atoms. The minimum atomic E-state index is -1.29. The zero-order chi connectivity index (χ0) is 13.0. The molecular formula is C12H9FN2O3. The average molecular weight is 248 g/mol. The highest BCUT2D eigenvalue weighted by molar-refractivity contribution is 5.90. The van der Waals surface area contributed by atoms with Crippen molar-refractivity contribution in [2.75, 3.05) is 0 Å². The van der Waals surface area contributed by atoms with Crippen LogP contribution in [0, 0.1) is 5.82 Å². The molecule has 0 aliphatic carbocycles. The molecule has 0 atom stereocenters. The Morgan fingerprint density at radius 1 is 1.44 bits per heavy atom. The Morgan fingerprint density at radius 2 is 2.28 bits per heavy atom.